The summed E-state index contributed by atoms with van der Waals surface area (Å²) in [5, 5.41) is 0. The summed E-state index contributed by atoms with van der Waals surface area (Å²) in [6.45, 7) is 5.98. The standard InChI is InChI=1S/C12H14O3/c1-9(2)8-15-11-7-5-4-6-10(11)12(13)14-3/h4-7H,1,8H2,2-3H3. The first-order valence-corrected chi connectivity index (χ1v) is 4.59. The second-order valence-corrected chi connectivity index (χ2v) is 3.23. The monoisotopic (exact) mass is 206 g/mol. The van der Waals surface area contributed by atoms with E-state index in [4.69, 9.17) is 4.74 Å². The van der Waals surface area contributed by atoms with Crippen LogP contribution in [0.2, 0.25) is 0 Å². The van der Waals surface area contributed by atoms with Crippen molar-refractivity contribution in [2.24, 2.45) is 0 Å². The van der Waals surface area contributed by atoms with Gasteiger partial charge in [-0.15, -0.1) is 0 Å². The van der Waals surface area contributed by atoms with Gasteiger partial charge in [-0.25, -0.2) is 4.79 Å². The van der Waals surface area contributed by atoms with E-state index in [-0.39, 0.29) is 0 Å². The molecular formula is C12H14O3. The Balaban J connectivity index is 2.86. The lowest BCUT2D eigenvalue weighted by Crippen LogP contribution is -2.06. The minimum Gasteiger partial charge on any atom is -0.488 e. The zero-order chi connectivity index (χ0) is 11.3. The molecule has 0 aromatic heterocycles. The van der Waals surface area contributed by atoms with E-state index in [1.807, 2.05) is 6.92 Å². The van der Waals surface area contributed by atoms with E-state index < -0.39 is 5.97 Å². The first kappa shape index (κ1) is 11.3. The summed E-state index contributed by atoms with van der Waals surface area (Å²) in [6.07, 6.45) is 0. The van der Waals surface area contributed by atoms with Crippen molar-refractivity contribution in [3.05, 3.63) is 42.0 Å². The number of carbonyl (C=O) groups is 1. The van der Waals surface area contributed by atoms with Crippen molar-refractivity contribution < 1.29 is 14.3 Å². The predicted molar refractivity (Wildman–Crippen MR) is 58.1 cm³/mol. The van der Waals surface area contributed by atoms with Gasteiger partial charge in [0.15, 0.2) is 0 Å². The van der Waals surface area contributed by atoms with Crippen molar-refractivity contribution >= 4 is 5.97 Å². The fourth-order valence-electron chi connectivity index (χ4n) is 1.07. The van der Waals surface area contributed by atoms with E-state index in [0.717, 1.165) is 5.57 Å². The van der Waals surface area contributed by atoms with Crippen molar-refractivity contribution in [1.29, 1.82) is 0 Å². The van der Waals surface area contributed by atoms with Crippen molar-refractivity contribution in [1.82, 2.24) is 0 Å². The van der Waals surface area contributed by atoms with Gasteiger partial charge in [-0.3, -0.25) is 0 Å². The van der Waals surface area contributed by atoms with Gasteiger partial charge >= 0.3 is 5.97 Å². The van der Waals surface area contributed by atoms with Gasteiger partial charge in [-0.1, -0.05) is 18.7 Å². The number of rotatable bonds is 4. The number of benzene rings is 1. The van der Waals surface area contributed by atoms with Gasteiger partial charge in [-0.2, -0.15) is 0 Å². The zero-order valence-electron chi connectivity index (χ0n) is 8.95. The summed E-state index contributed by atoms with van der Waals surface area (Å²) in [6, 6.07) is 6.97. The van der Waals surface area contributed by atoms with Crippen molar-refractivity contribution in [3.8, 4) is 5.75 Å². The number of carbonyl (C=O) groups excluding carboxylic acids is 1. The lowest BCUT2D eigenvalue weighted by atomic mass is 10.2. The fourth-order valence-corrected chi connectivity index (χ4v) is 1.07. The van der Waals surface area contributed by atoms with E-state index in [1.54, 1.807) is 24.3 Å². The molecule has 1 aromatic rings. The van der Waals surface area contributed by atoms with E-state index in [2.05, 4.69) is 11.3 Å². The summed E-state index contributed by atoms with van der Waals surface area (Å²) < 4.78 is 10.1. The number of ether oxygens (including phenoxy) is 2. The third-order valence-corrected chi connectivity index (χ3v) is 1.77. The summed E-state index contributed by atoms with van der Waals surface area (Å²) in [7, 11) is 1.35. The molecule has 3 heteroatoms. The maximum Gasteiger partial charge on any atom is 0.341 e. The normalized spacial score (nSPS) is 9.47. The lowest BCUT2D eigenvalue weighted by Gasteiger charge is -2.09. The van der Waals surface area contributed by atoms with E-state index in [9.17, 15) is 4.79 Å². The molecule has 1 aromatic carbocycles. The lowest BCUT2D eigenvalue weighted by molar-refractivity contribution is 0.0596. The highest BCUT2D eigenvalue weighted by Gasteiger charge is 2.11. The molecule has 0 radical (unpaired) electrons. The molecule has 0 aliphatic carbocycles. The Labute approximate surface area is 89.3 Å². The van der Waals surface area contributed by atoms with Gasteiger partial charge in [0.1, 0.15) is 17.9 Å². The second kappa shape index (κ2) is 5.20. The molecule has 0 N–H and O–H groups in total. The van der Waals surface area contributed by atoms with Gasteiger partial charge in [0, 0.05) is 0 Å². The maximum atomic E-state index is 11.4. The Morgan fingerprint density at radius 3 is 2.67 bits per heavy atom. The SMILES string of the molecule is C=C(C)COc1ccccc1C(=O)OC. The topological polar surface area (TPSA) is 35.5 Å². The molecule has 0 bridgehead atoms. The summed E-state index contributed by atoms with van der Waals surface area (Å²) in [5.41, 5.74) is 1.33. The molecule has 0 amide bonds. The van der Waals surface area contributed by atoms with Crippen molar-refractivity contribution in [3.63, 3.8) is 0 Å². The highest BCUT2D eigenvalue weighted by molar-refractivity contribution is 5.92. The highest BCUT2D eigenvalue weighted by atomic mass is 16.5. The number of methoxy groups -OCH3 is 1. The molecule has 1 rings (SSSR count). The quantitative estimate of drug-likeness (QED) is 0.560. The second-order valence-electron chi connectivity index (χ2n) is 3.23. The van der Waals surface area contributed by atoms with Crippen LogP contribution in [0.15, 0.2) is 36.4 Å². The first-order chi connectivity index (χ1) is 7.15. The third-order valence-electron chi connectivity index (χ3n) is 1.77. The molecule has 0 unspecified atom stereocenters. The largest absolute Gasteiger partial charge is 0.488 e. The summed E-state index contributed by atoms with van der Waals surface area (Å²) in [5.74, 6) is 0.125. The molecular weight excluding hydrogens is 192 g/mol. The molecule has 80 valence electrons. The van der Waals surface area contributed by atoms with Crippen LogP contribution in [0.1, 0.15) is 17.3 Å². The number of hydrogen-bond acceptors (Lipinski definition) is 3. The zero-order valence-corrected chi connectivity index (χ0v) is 8.95. The van der Waals surface area contributed by atoms with Crippen LogP contribution in [0.5, 0.6) is 5.75 Å². The van der Waals surface area contributed by atoms with E-state index in [1.165, 1.54) is 7.11 Å². The van der Waals surface area contributed by atoms with Gasteiger partial charge in [0.05, 0.1) is 7.11 Å². The number of esters is 1. The fraction of sp³-hybridized carbons (Fsp3) is 0.250. The number of para-hydroxylation sites is 1. The van der Waals surface area contributed by atoms with Crippen molar-refractivity contribution in [2.75, 3.05) is 13.7 Å². The van der Waals surface area contributed by atoms with Gasteiger partial charge in [-0.05, 0) is 24.6 Å². The maximum absolute atomic E-state index is 11.4. The molecule has 0 saturated carbocycles. The van der Waals surface area contributed by atoms with Gasteiger partial charge < -0.3 is 9.47 Å². The van der Waals surface area contributed by atoms with E-state index in [0.29, 0.717) is 17.9 Å². The molecule has 0 fully saturated rings. The van der Waals surface area contributed by atoms with Crippen LogP contribution >= 0.6 is 0 Å². The molecule has 3 nitrogen and oxygen atoms in total. The predicted octanol–water partition coefficient (Wildman–Crippen LogP) is 2.43. The highest BCUT2D eigenvalue weighted by Crippen LogP contribution is 2.19. The van der Waals surface area contributed by atoms with Crippen LogP contribution in [0.25, 0.3) is 0 Å². The average molecular weight is 206 g/mol. The Hall–Kier alpha value is -1.77. The molecule has 15 heavy (non-hydrogen) atoms. The number of hydrogen-bond donors (Lipinski definition) is 0. The van der Waals surface area contributed by atoms with Gasteiger partial charge in [0.2, 0.25) is 0 Å². The third kappa shape index (κ3) is 3.13. The molecule has 0 atom stereocenters. The minimum absolute atomic E-state index is 0.396. The Bertz CT molecular complexity index is 369. The van der Waals surface area contributed by atoms with Gasteiger partial charge in [0.25, 0.3) is 0 Å². The molecule has 0 saturated heterocycles. The van der Waals surface area contributed by atoms with Crippen LogP contribution in [0.3, 0.4) is 0 Å². The molecule has 0 heterocycles. The van der Waals surface area contributed by atoms with Crippen LogP contribution in [0.4, 0.5) is 0 Å². The Morgan fingerprint density at radius 1 is 1.40 bits per heavy atom. The average Bonchev–Trinajstić information content (AvgIpc) is 2.25. The van der Waals surface area contributed by atoms with Crippen LogP contribution in [0, 0.1) is 0 Å². The van der Waals surface area contributed by atoms with Crippen LogP contribution in [-0.4, -0.2) is 19.7 Å². The van der Waals surface area contributed by atoms with Crippen LogP contribution < -0.4 is 4.74 Å². The van der Waals surface area contributed by atoms with Crippen LogP contribution in [-0.2, 0) is 4.74 Å². The van der Waals surface area contributed by atoms with E-state index >= 15 is 0 Å². The minimum atomic E-state index is -0.396. The molecule has 0 spiro atoms. The summed E-state index contributed by atoms with van der Waals surface area (Å²) in [4.78, 5) is 11.4. The Kier molecular flexibility index (Phi) is 3.92. The summed E-state index contributed by atoms with van der Waals surface area (Å²) >= 11 is 0. The first-order valence-electron chi connectivity index (χ1n) is 4.59. The Morgan fingerprint density at radius 2 is 2.07 bits per heavy atom. The molecule has 0 aliphatic heterocycles. The van der Waals surface area contributed by atoms with Crippen molar-refractivity contribution in [2.45, 2.75) is 6.92 Å². The molecule has 0 aliphatic rings. The smallest absolute Gasteiger partial charge is 0.341 e.